The summed E-state index contributed by atoms with van der Waals surface area (Å²) in [6.07, 6.45) is 2.85. The maximum absolute atomic E-state index is 13.5. The highest BCUT2D eigenvalue weighted by Gasteiger charge is 2.41. The van der Waals surface area contributed by atoms with Crippen LogP contribution in [0.4, 0.5) is 5.69 Å². The molecule has 1 saturated heterocycles. The monoisotopic (exact) mass is 415 g/mol. The highest BCUT2D eigenvalue weighted by Crippen LogP contribution is 2.39. The van der Waals surface area contributed by atoms with Crippen LogP contribution >= 0.6 is 0 Å². The molecule has 0 aliphatic carbocycles. The fourth-order valence-corrected chi connectivity index (χ4v) is 4.47. The van der Waals surface area contributed by atoms with E-state index in [2.05, 4.69) is 36.4 Å². The van der Waals surface area contributed by atoms with E-state index in [4.69, 9.17) is 9.47 Å². The van der Waals surface area contributed by atoms with Crippen LogP contribution in [-0.2, 0) is 11.2 Å². The zero-order valence-electron chi connectivity index (χ0n) is 18.2. The lowest BCUT2D eigenvalue weighted by atomic mass is 9.85. The summed E-state index contributed by atoms with van der Waals surface area (Å²) in [5.74, 6) is 1.97. The molecule has 3 aromatic rings. The highest BCUT2D eigenvalue weighted by atomic mass is 16.5. The van der Waals surface area contributed by atoms with Gasteiger partial charge in [-0.3, -0.25) is 4.79 Å². The van der Waals surface area contributed by atoms with Crippen molar-refractivity contribution < 1.29 is 14.3 Å². The van der Waals surface area contributed by atoms with Crippen molar-refractivity contribution in [2.45, 2.75) is 25.2 Å². The lowest BCUT2D eigenvalue weighted by Gasteiger charge is -2.17. The van der Waals surface area contributed by atoms with Crippen LogP contribution in [0.2, 0.25) is 0 Å². The Balaban J connectivity index is 1.55. The molecule has 0 saturated carbocycles. The fourth-order valence-electron chi connectivity index (χ4n) is 4.47. The molecule has 0 unspecified atom stereocenters. The maximum Gasteiger partial charge on any atom is 0.230 e. The van der Waals surface area contributed by atoms with Crippen molar-refractivity contribution >= 4 is 11.6 Å². The average molecular weight is 416 g/mol. The maximum atomic E-state index is 13.5. The van der Waals surface area contributed by atoms with Crippen LogP contribution in [0.1, 0.15) is 29.9 Å². The first-order chi connectivity index (χ1) is 15.2. The van der Waals surface area contributed by atoms with E-state index in [-0.39, 0.29) is 17.7 Å². The van der Waals surface area contributed by atoms with Gasteiger partial charge in [-0.15, -0.1) is 0 Å². The van der Waals surface area contributed by atoms with Gasteiger partial charge in [-0.25, -0.2) is 0 Å². The molecule has 4 heteroatoms. The van der Waals surface area contributed by atoms with Crippen LogP contribution < -0.4 is 14.4 Å². The Hall–Kier alpha value is -3.27. The second-order valence-electron chi connectivity index (χ2n) is 8.01. The standard InChI is InChI=1S/C27H29NO3/c1-30-23-15-11-21(12-16-23)26-19-28(22-13-17-24(31-2)18-14-22)27(29)25(26)10-6-9-20-7-4-3-5-8-20/h3-5,7-8,11-18,25-26H,6,9-10,19H2,1-2H3/t25-,26-/m1/s1. The number of carbonyl (C=O) groups is 1. The Bertz CT molecular complexity index is 983. The number of nitrogens with zero attached hydrogens (tertiary/aromatic N) is 1. The third-order valence-corrected chi connectivity index (χ3v) is 6.20. The smallest absolute Gasteiger partial charge is 0.230 e. The fraction of sp³-hybridized carbons (Fsp3) is 0.296. The molecular formula is C27H29NO3. The lowest BCUT2D eigenvalue weighted by Crippen LogP contribution is -2.26. The Kier molecular flexibility index (Phi) is 6.56. The minimum absolute atomic E-state index is 0.0285. The van der Waals surface area contributed by atoms with Crippen molar-refractivity contribution in [3.8, 4) is 11.5 Å². The molecule has 4 rings (SSSR count). The van der Waals surface area contributed by atoms with Crippen molar-refractivity contribution in [1.29, 1.82) is 0 Å². The number of aryl methyl sites for hydroxylation is 1. The van der Waals surface area contributed by atoms with Gasteiger partial charge in [0.2, 0.25) is 5.91 Å². The molecule has 0 N–H and O–H groups in total. The van der Waals surface area contributed by atoms with Crippen LogP contribution in [0.25, 0.3) is 0 Å². The molecule has 3 aromatic carbocycles. The molecule has 0 aromatic heterocycles. The summed E-state index contributed by atoms with van der Waals surface area (Å²) in [5.41, 5.74) is 3.44. The zero-order valence-corrected chi connectivity index (χ0v) is 18.2. The third-order valence-electron chi connectivity index (χ3n) is 6.20. The summed E-state index contributed by atoms with van der Waals surface area (Å²) in [6, 6.07) is 26.4. The largest absolute Gasteiger partial charge is 0.497 e. The number of methoxy groups -OCH3 is 2. The number of benzene rings is 3. The van der Waals surface area contributed by atoms with Gasteiger partial charge in [0.05, 0.1) is 14.2 Å². The van der Waals surface area contributed by atoms with Crippen LogP contribution in [-0.4, -0.2) is 26.7 Å². The van der Waals surface area contributed by atoms with Gasteiger partial charge in [-0.2, -0.15) is 0 Å². The molecule has 1 aliphatic rings. The van der Waals surface area contributed by atoms with Crippen molar-refractivity contribution in [2.75, 3.05) is 25.7 Å². The molecule has 0 bridgehead atoms. The molecule has 4 nitrogen and oxygen atoms in total. The number of hydrogen-bond donors (Lipinski definition) is 0. The van der Waals surface area contributed by atoms with Crippen molar-refractivity contribution in [2.24, 2.45) is 5.92 Å². The third kappa shape index (κ3) is 4.74. The minimum atomic E-state index is -0.0285. The normalized spacial score (nSPS) is 18.3. The Labute approximate surface area is 184 Å². The quantitative estimate of drug-likeness (QED) is 0.489. The van der Waals surface area contributed by atoms with E-state index in [0.717, 1.165) is 36.4 Å². The first-order valence-electron chi connectivity index (χ1n) is 10.8. The molecule has 0 radical (unpaired) electrons. The second kappa shape index (κ2) is 9.69. The summed E-state index contributed by atoms with van der Waals surface area (Å²) in [6.45, 7) is 0.688. The first kappa shape index (κ1) is 21.0. The molecule has 1 amide bonds. The number of amides is 1. The SMILES string of the molecule is COc1ccc([C@H]2CN(c3ccc(OC)cc3)C(=O)[C@@H]2CCCc2ccccc2)cc1. The minimum Gasteiger partial charge on any atom is -0.497 e. The van der Waals surface area contributed by atoms with Gasteiger partial charge in [0.1, 0.15) is 11.5 Å². The van der Waals surface area contributed by atoms with Gasteiger partial charge in [-0.1, -0.05) is 42.5 Å². The number of ether oxygens (including phenoxy) is 2. The predicted molar refractivity (Wildman–Crippen MR) is 124 cm³/mol. The first-order valence-corrected chi connectivity index (χ1v) is 10.8. The summed E-state index contributed by atoms with van der Waals surface area (Å²) in [5, 5.41) is 0. The molecule has 1 heterocycles. The van der Waals surface area contributed by atoms with Gasteiger partial charge in [0.15, 0.2) is 0 Å². The van der Waals surface area contributed by atoms with E-state index in [1.807, 2.05) is 47.4 Å². The molecule has 0 spiro atoms. The zero-order chi connectivity index (χ0) is 21.6. The summed E-state index contributed by atoms with van der Waals surface area (Å²) in [4.78, 5) is 15.4. The summed E-state index contributed by atoms with van der Waals surface area (Å²) < 4.78 is 10.6. The number of rotatable bonds is 8. The van der Waals surface area contributed by atoms with Gasteiger partial charge in [0.25, 0.3) is 0 Å². The van der Waals surface area contributed by atoms with E-state index in [9.17, 15) is 4.79 Å². The van der Waals surface area contributed by atoms with Crippen LogP contribution in [0.3, 0.4) is 0 Å². The van der Waals surface area contributed by atoms with Gasteiger partial charge in [0, 0.05) is 24.1 Å². The van der Waals surface area contributed by atoms with Crippen LogP contribution in [0.15, 0.2) is 78.9 Å². The summed E-state index contributed by atoms with van der Waals surface area (Å²) in [7, 11) is 3.32. The van der Waals surface area contributed by atoms with Crippen molar-refractivity contribution in [1.82, 2.24) is 0 Å². The predicted octanol–water partition coefficient (Wildman–Crippen LogP) is 5.47. The Morgan fingerprint density at radius 1 is 0.839 bits per heavy atom. The Morgan fingerprint density at radius 3 is 2.06 bits per heavy atom. The van der Waals surface area contributed by atoms with E-state index in [0.29, 0.717) is 6.54 Å². The van der Waals surface area contributed by atoms with E-state index < -0.39 is 0 Å². The Morgan fingerprint density at radius 2 is 1.45 bits per heavy atom. The molecule has 1 aliphatic heterocycles. The van der Waals surface area contributed by atoms with E-state index >= 15 is 0 Å². The average Bonchev–Trinajstić information content (AvgIpc) is 3.16. The topological polar surface area (TPSA) is 38.8 Å². The second-order valence-corrected chi connectivity index (χ2v) is 8.01. The van der Waals surface area contributed by atoms with Crippen LogP contribution in [0, 0.1) is 5.92 Å². The van der Waals surface area contributed by atoms with Crippen molar-refractivity contribution in [3.05, 3.63) is 90.0 Å². The van der Waals surface area contributed by atoms with Crippen LogP contribution in [0.5, 0.6) is 11.5 Å². The van der Waals surface area contributed by atoms with Gasteiger partial charge < -0.3 is 14.4 Å². The number of hydrogen-bond acceptors (Lipinski definition) is 3. The number of anilines is 1. The molecule has 160 valence electrons. The molecular weight excluding hydrogens is 386 g/mol. The van der Waals surface area contributed by atoms with Gasteiger partial charge in [-0.05, 0) is 66.8 Å². The molecule has 1 fully saturated rings. The number of carbonyl (C=O) groups excluding carboxylic acids is 1. The van der Waals surface area contributed by atoms with Crippen molar-refractivity contribution in [3.63, 3.8) is 0 Å². The lowest BCUT2D eigenvalue weighted by molar-refractivity contribution is -0.120. The highest BCUT2D eigenvalue weighted by molar-refractivity contribution is 5.98. The van der Waals surface area contributed by atoms with E-state index in [1.54, 1.807) is 14.2 Å². The van der Waals surface area contributed by atoms with Gasteiger partial charge >= 0.3 is 0 Å². The summed E-state index contributed by atoms with van der Waals surface area (Å²) >= 11 is 0. The van der Waals surface area contributed by atoms with E-state index in [1.165, 1.54) is 11.1 Å². The molecule has 2 atom stereocenters. The molecule has 31 heavy (non-hydrogen) atoms.